The van der Waals surface area contributed by atoms with Crippen LogP contribution in [-0.2, 0) is 5.41 Å². The summed E-state index contributed by atoms with van der Waals surface area (Å²) in [5.74, 6) is 0. The van der Waals surface area contributed by atoms with Gasteiger partial charge in [-0.05, 0) is 117 Å². The molecule has 0 atom stereocenters. The van der Waals surface area contributed by atoms with E-state index in [1.165, 1.54) is 59.5 Å². The molecule has 0 aromatic heterocycles. The van der Waals surface area contributed by atoms with Crippen LogP contribution in [0.15, 0.2) is 192 Å². The molecule has 0 fully saturated rings. The van der Waals surface area contributed by atoms with Crippen LogP contribution >= 0.6 is 42.8 Å². The average Bonchev–Trinajstić information content (AvgIpc) is 3.47. The molecule has 2 nitrogen and oxygen atoms in total. The maximum Gasteiger partial charge on any atom is 0.0543 e. The van der Waals surface area contributed by atoms with Gasteiger partial charge in [0.15, 0.2) is 0 Å². The van der Waals surface area contributed by atoms with Gasteiger partial charge in [0, 0.05) is 69.6 Å². The zero-order valence-electron chi connectivity index (χ0n) is 30.9. The van der Waals surface area contributed by atoms with Crippen molar-refractivity contribution in [3.63, 3.8) is 0 Å². The number of nitrogens with zero attached hydrogens (tertiary/aromatic N) is 2. The van der Waals surface area contributed by atoms with Crippen LogP contribution in [0, 0.1) is 0 Å². The first-order valence-electron chi connectivity index (χ1n) is 18.9. The summed E-state index contributed by atoms with van der Waals surface area (Å²) in [7, 11) is 1.74. The monoisotopic (exact) mass is 868 g/mol. The lowest BCUT2D eigenvalue weighted by Crippen LogP contribution is -2.18. The number of halogens is 1. The summed E-state index contributed by atoms with van der Waals surface area (Å²) in [6, 6.07) is 66.6. The molecular formula is C51H37IN2S2. The van der Waals surface area contributed by atoms with Crippen LogP contribution in [0.2, 0.25) is 0 Å². The molecule has 9 aromatic rings. The van der Waals surface area contributed by atoms with Gasteiger partial charge >= 0.3 is 0 Å². The first-order valence-corrected chi connectivity index (χ1v) is 22.7. The van der Waals surface area contributed by atoms with E-state index in [1.807, 2.05) is 0 Å². The van der Waals surface area contributed by atoms with Crippen LogP contribution in [0.4, 0.5) is 34.1 Å². The van der Waals surface area contributed by atoms with Crippen LogP contribution in [-0.4, -0.2) is 0 Å². The third kappa shape index (κ3) is 5.78. The van der Waals surface area contributed by atoms with Gasteiger partial charge in [-0.3, -0.25) is 0 Å². The van der Waals surface area contributed by atoms with E-state index in [2.05, 4.69) is 239 Å². The third-order valence-corrected chi connectivity index (χ3v) is 13.7. The minimum atomic E-state index is -0.287. The van der Waals surface area contributed by atoms with Gasteiger partial charge in [0.2, 0.25) is 0 Å². The van der Waals surface area contributed by atoms with Crippen molar-refractivity contribution >= 4 is 109 Å². The standard InChI is InChI=1S/C51H37IN2S2/c1-51(2)45-31-37(53(35-23-28-39(56-52)29-24-35)47-19-9-13-33-11-3-5-15-40(33)47)25-30-44(45)50-43-18-8-7-17-42(43)49(32-46(50)51)54(36-21-26-38(55)27-22-36)48-20-10-14-34-12-4-6-16-41(34)48/h3-32,55H,1-2H3. The highest BCUT2D eigenvalue weighted by molar-refractivity contribution is 14.2. The van der Waals surface area contributed by atoms with Crippen LogP contribution in [0.25, 0.3) is 43.4 Å². The molecule has 0 N–H and O–H groups in total. The molecule has 56 heavy (non-hydrogen) atoms. The number of benzene rings is 9. The van der Waals surface area contributed by atoms with Gasteiger partial charge < -0.3 is 9.80 Å². The van der Waals surface area contributed by atoms with Gasteiger partial charge in [0.1, 0.15) is 0 Å². The first-order chi connectivity index (χ1) is 27.4. The Balaban J connectivity index is 1.20. The maximum absolute atomic E-state index is 4.67. The minimum absolute atomic E-state index is 0.287. The molecule has 0 spiro atoms. The van der Waals surface area contributed by atoms with Gasteiger partial charge in [-0.1, -0.05) is 126 Å². The molecule has 9 aromatic carbocycles. The number of hydrogen-bond donors (Lipinski definition) is 1. The molecule has 0 unspecified atom stereocenters. The molecule has 1 aliphatic rings. The Morgan fingerprint density at radius 2 is 0.982 bits per heavy atom. The number of fused-ring (bicyclic) bond motifs is 7. The third-order valence-electron chi connectivity index (χ3n) is 11.4. The highest BCUT2D eigenvalue weighted by Crippen LogP contribution is 2.56. The predicted molar refractivity (Wildman–Crippen MR) is 253 cm³/mol. The zero-order chi connectivity index (χ0) is 38.0. The van der Waals surface area contributed by atoms with E-state index in [9.17, 15) is 0 Å². The second-order valence-corrected chi connectivity index (χ2v) is 17.4. The molecule has 270 valence electrons. The average molecular weight is 869 g/mol. The van der Waals surface area contributed by atoms with Crippen molar-refractivity contribution in [1.82, 2.24) is 0 Å². The van der Waals surface area contributed by atoms with E-state index in [-0.39, 0.29) is 5.41 Å². The number of rotatable bonds is 7. The quantitative estimate of drug-likeness (QED) is 0.126. The summed E-state index contributed by atoms with van der Waals surface area (Å²) < 4.78 is 0. The molecule has 0 bridgehead atoms. The van der Waals surface area contributed by atoms with E-state index in [1.54, 1.807) is 8.93 Å². The fourth-order valence-corrected chi connectivity index (χ4v) is 10.0. The van der Waals surface area contributed by atoms with Crippen LogP contribution in [0.5, 0.6) is 0 Å². The Hall–Kier alpha value is -5.21. The molecule has 0 saturated carbocycles. The van der Waals surface area contributed by atoms with E-state index < -0.39 is 0 Å². The lowest BCUT2D eigenvalue weighted by Gasteiger charge is -2.31. The molecule has 0 saturated heterocycles. The normalized spacial score (nSPS) is 12.9. The summed E-state index contributed by atoms with van der Waals surface area (Å²) in [6.45, 7) is 4.79. The second-order valence-electron chi connectivity index (χ2n) is 15.0. The van der Waals surface area contributed by atoms with Crippen molar-refractivity contribution in [2.45, 2.75) is 29.1 Å². The summed E-state index contributed by atoms with van der Waals surface area (Å²) in [6.07, 6.45) is 0. The van der Waals surface area contributed by atoms with Crippen molar-refractivity contribution in [3.8, 4) is 11.1 Å². The van der Waals surface area contributed by atoms with E-state index in [0.29, 0.717) is 0 Å². The largest absolute Gasteiger partial charge is 0.310 e. The smallest absolute Gasteiger partial charge is 0.0543 e. The number of thiol groups is 1. The Morgan fingerprint density at radius 3 is 1.62 bits per heavy atom. The van der Waals surface area contributed by atoms with Gasteiger partial charge in [-0.15, -0.1) is 12.6 Å². The van der Waals surface area contributed by atoms with Gasteiger partial charge in [0.25, 0.3) is 0 Å². The maximum atomic E-state index is 4.67. The molecule has 10 rings (SSSR count). The summed E-state index contributed by atoms with van der Waals surface area (Å²) in [4.78, 5) is 7.05. The fraction of sp³-hybridized carbons (Fsp3) is 0.0588. The van der Waals surface area contributed by atoms with Crippen LogP contribution in [0.3, 0.4) is 0 Å². The topological polar surface area (TPSA) is 6.48 Å². The van der Waals surface area contributed by atoms with Gasteiger partial charge in [0.05, 0.1) is 17.1 Å². The van der Waals surface area contributed by atoms with Crippen molar-refractivity contribution < 1.29 is 0 Å². The SMILES string of the molecule is CC1(C)c2cc(N(c3ccc(SI)cc3)c3cccc4ccccc34)ccc2-c2c1cc(N(c1ccc(S)cc1)c1cccc3ccccc13)c1ccccc21. The van der Waals surface area contributed by atoms with Crippen molar-refractivity contribution in [2.75, 3.05) is 9.80 Å². The fourth-order valence-electron chi connectivity index (χ4n) is 8.77. The predicted octanol–water partition coefficient (Wildman–Crippen LogP) is 16.1. The Bertz CT molecular complexity index is 2950. The second kappa shape index (κ2) is 14.1. The Morgan fingerprint density at radius 1 is 0.464 bits per heavy atom. The molecule has 0 radical (unpaired) electrons. The van der Waals surface area contributed by atoms with Crippen LogP contribution in [0.1, 0.15) is 25.0 Å². The Labute approximate surface area is 349 Å². The lowest BCUT2D eigenvalue weighted by atomic mass is 9.81. The highest BCUT2D eigenvalue weighted by atomic mass is 127. The first kappa shape index (κ1) is 35.2. The van der Waals surface area contributed by atoms with Gasteiger partial charge in [-0.2, -0.15) is 0 Å². The summed E-state index contributed by atoms with van der Waals surface area (Å²) >= 11 is 7.03. The van der Waals surface area contributed by atoms with E-state index in [4.69, 9.17) is 0 Å². The van der Waals surface area contributed by atoms with Crippen molar-refractivity contribution in [1.29, 1.82) is 0 Å². The minimum Gasteiger partial charge on any atom is -0.310 e. The number of anilines is 6. The lowest BCUT2D eigenvalue weighted by molar-refractivity contribution is 0.661. The molecular weight excluding hydrogens is 832 g/mol. The number of hydrogen-bond acceptors (Lipinski definition) is 4. The molecule has 0 aliphatic heterocycles. The highest BCUT2D eigenvalue weighted by Gasteiger charge is 2.38. The zero-order valence-corrected chi connectivity index (χ0v) is 34.8. The van der Waals surface area contributed by atoms with Crippen molar-refractivity contribution in [2.24, 2.45) is 0 Å². The van der Waals surface area contributed by atoms with Crippen molar-refractivity contribution in [3.05, 3.63) is 193 Å². The summed E-state index contributed by atoms with van der Waals surface area (Å²) in [5.41, 5.74) is 11.8. The summed E-state index contributed by atoms with van der Waals surface area (Å²) in [5, 5.41) is 7.34. The van der Waals surface area contributed by atoms with Crippen LogP contribution < -0.4 is 9.80 Å². The van der Waals surface area contributed by atoms with E-state index in [0.717, 1.165) is 39.0 Å². The molecule has 5 heteroatoms. The molecule has 1 aliphatic carbocycles. The molecule has 0 heterocycles. The Kier molecular flexibility index (Phi) is 8.85. The van der Waals surface area contributed by atoms with Gasteiger partial charge in [-0.25, -0.2) is 0 Å². The molecule has 0 amide bonds. The van der Waals surface area contributed by atoms with E-state index >= 15 is 0 Å².